The maximum atomic E-state index is 12.4. The normalized spacial score (nSPS) is 15.9. The molecule has 1 aromatic carbocycles. The molecule has 0 bridgehead atoms. The SMILES string of the molecule is COC(=O)[C@H](C)N(Cl)C(=O)[C@H](C)N1C(=O)c2ccccc2C1=O. The number of hydrogen-bond donors (Lipinski definition) is 0. The maximum absolute atomic E-state index is 12.4. The summed E-state index contributed by atoms with van der Waals surface area (Å²) in [4.78, 5) is 49.3. The zero-order valence-corrected chi connectivity index (χ0v) is 13.5. The van der Waals surface area contributed by atoms with Crippen molar-refractivity contribution in [1.82, 2.24) is 9.32 Å². The molecule has 1 aliphatic rings. The number of benzene rings is 1. The minimum Gasteiger partial charge on any atom is -0.467 e. The van der Waals surface area contributed by atoms with Gasteiger partial charge in [0, 0.05) is 11.8 Å². The third-order valence-corrected chi connectivity index (χ3v) is 4.12. The van der Waals surface area contributed by atoms with Crippen LogP contribution in [0.1, 0.15) is 34.6 Å². The zero-order chi connectivity index (χ0) is 17.3. The molecule has 0 aromatic heterocycles. The number of esters is 1. The Bertz CT molecular complexity index is 655. The van der Waals surface area contributed by atoms with E-state index < -0.39 is 35.8 Å². The van der Waals surface area contributed by atoms with Crippen LogP contribution in [0.5, 0.6) is 0 Å². The van der Waals surface area contributed by atoms with Crippen molar-refractivity contribution < 1.29 is 23.9 Å². The smallest absolute Gasteiger partial charge is 0.329 e. The van der Waals surface area contributed by atoms with E-state index in [9.17, 15) is 19.2 Å². The lowest BCUT2D eigenvalue weighted by Gasteiger charge is -2.27. The molecule has 0 radical (unpaired) electrons. The molecule has 0 unspecified atom stereocenters. The first-order valence-electron chi connectivity index (χ1n) is 6.84. The van der Waals surface area contributed by atoms with Gasteiger partial charge in [-0.1, -0.05) is 12.1 Å². The molecule has 0 aliphatic carbocycles. The van der Waals surface area contributed by atoms with Gasteiger partial charge in [0.1, 0.15) is 12.1 Å². The van der Waals surface area contributed by atoms with Gasteiger partial charge in [-0.25, -0.2) is 9.21 Å². The summed E-state index contributed by atoms with van der Waals surface area (Å²) in [6, 6.07) is 4.10. The van der Waals surface area contributed by atoms with Gasteiger partial charge in [-0.05, 0) is 26.0 Å². The highest BCUT2D eigenvalue weighted by atomic mass is 35.5. The highest BCUT2D eigenvalue weighted by Gasteiger charge is 2.42. The average molecular weight is 339 g/mol. The van der Waals surface area contributed by atoms with E-state index in [2.05, 4.69) is 4.74 Å². The first-order chi connectivity index (χ1) is 10.8. The molecule has 0 spiro atoms. The zero-order valence-electron chi connectivity index (χ0n) is 12.8. The average Bonchev–Trinajstić information content (AvgIpc) is 2.83. The lowest BCUT2D eigenvalue weighted by Crippen LogP contribution is -2.50. The Hall–Kier alpha value is -2.41. The van der Waals surface area contributed by atoms with E-state index in [1.165, 1.54) is 33.1 Å². The predicted octanol–water partition coefficient (Wildman–Crippen LogP) is 1.21. The van der Waals surface area contributed by atoms with E-state index in [0.717, 1.165) is 4.90 Å². The van der Waals surface area contributed by atoms with Gasteiger partial charge in [0.2, 0.25) is 0 Å². The number of ether oxygens (including phenoxy) is 1. The minimum absolute atomic E-state index is 0.235. The molecule has 0 saturated heterocycles. The van der Waals surface area contributed by atoms with Crippen molar-refractivity contribution in [3.63, 3.8) is 0 Å². The number of carbonyl (C=O) groups is 4. The van der Waals surface area contributed by atoms with E-state index in [1.807, 2.05) is 0 Å². The van der Waals surface area contributed by atoms with Crippen molar-refractivity contribution >= 4 is 35.5 Å². The van der Waals surface area contributed by atoms with E-state index in [-0.39, 0.29) is 11.1 Å². The summed E-state index contributed by atoms with van der Waals surface area (Å²) in [7, 11) is 1.17. The second-order valence-corrected chi connectivity index (χ2v) is 5.41. The number of carbonyl (C=O) groups excluding carboxylic acids is 4. The van der Waals surface area contributed by atoms with Gasteiger partial charge in [-0.2, -0.15) is 0 Å². The molecule has 2 atom stereocenters. The first-order valence-corrected chi connectivity index (χ1v) is 7.18. The van der Waals surface area contributed by atoms with Crippen molar-refractivity contribution in [1.29, 1.82) is 0 Å². The first kappa shape index (κ1) is 17.0. The molecule has 0 fully saturated rings. The molecule has 2 rings (SSSR count). The van der Waals surface area contributed by atoms with Crippen LogP contribution in [0.15, 0.2) is 24.3 Å². The van der Waals surface area contributed by atoms with Crippen LogP contribution >= 0.6 is 11.8 Å². The van der Waals surface area contributed by atoms with Crippen LogP contribution < -0.4 is 0 Å². The fourth-order valence-electron chi connectivity index (χ4n) is 2.30. The maximum Gasteiger partial charge on any atom is 0.329 e. The highest BCUT2D eigenvalue weighted by molar-refractivity contribution is 6.26. The molecule has 0 N–H and O–H groups in total. The second kappa shape index (κ2) is 6.37. The lowest BCUT2D eigenvalue weighted by atomic mass is 10.1. The van der Waals surface area contributed by atoms with Gasteiger partial charge in [-0.3, -0.25) is 19.3 Å². The van der Waals surface area contributed by atoms with Crippen LogP contribution in [0.4, 0.5) is 0 Å². The molecule has 1 heterocycles. The summed E-state index contributed by atoms with van der Waals surface area (Å²) in [6.07, 6.45) is 0. The van der Waals surface area contributed by atoms with Gasteiger partial charge in [0.25, 0.3) is 17.7 Å². The van der Waals surface area contributed by atoms with Gasteiger partial charge in [-0.15, -0.1) is 0 Å². The number of rotatable bonds is 4. The van der Waals surface area contributed by atoms with Crippen molar-refractivity contribution in [2.75, 3.05) is 7.11 Å². The summed E-state index contributed by atoms with van der Waals surface area (Å²) in [5.74, 6) is -2.59. The summed E-state index contributed by atoms with van der Waals surface area (Å²) in [6.45, 7) is 2.76. The van der Waals surface area contributed by atoms with Crippen LogP contribution in [-0.2, 0) is 14.3 Å². The Morgan fingerprint density at radius 2 is 1.61 bits per heavy atom. The standard InChI is InChI=1S/C15H15ClN2O5/c1-8(12(19)18(16)9(2)15(22)23-3)17-13(20)10-6-4-5-7-11(10)14(17)21/h4-9H,1-3H3/t8-,9-/m0/s1. The largest absolute Gasteiger partial charge is 0.467 e. The molecule has 1 aliphatic heterocycles. The molecule has 8 heteroatoms. The lowest BCUT2D eigenvalue weighted by molar-refractivity contribution is -0.149. The predicted molar refractivity (Wildman–Crippen MR) is 80.6 cm³/mol. The van der Waals surface area contributed by atoms with Gasteiger partial charge in [0.15, 0.2) is 0 Å². The Balaban J connectivity index is 2.23. The van der Waals surface area contributed by atoms with E-state index in [4.69, 9.17) is 11.8 Å². The number of amides is 3. The Kier molecular flexibility index (Phi) is 4.70. The summed E-state index contributed by atoms with van der Waals surface area (Å²) < 4.78 is 5.16. The van der Waals surface area contributed by atoms with Gasteiger partial charge < -0.3 is 4.74 Å². The fourth-order valence-corrected chi connectivity index (χ4v) is 2.52. The number of hydrogen-bond acceptors (Lipinski definition) is 5. The van der Waals surface area contributed by atoms with Crippen molar-refractivity contribution in [2.45, 2.75) is 25.9 Å². The van der Waals surface area contributed by atoms with Crippen LogP contribution in [0.25, 0.3) is 0 Å². The highest BCUT2D eigenvalue weighted by Crippen LogP contribution is 2.25. The third-order valence-electron chi connectivity index (χ3n) is 3.66. The minimum atomic E-state index is -1.15. The molecule has 122 valence electrons. The number of fused-ring (bicyclic) bond motifs is 1. The van der Waals surface area contributed by atoms with E-state index >= 15 is 0 Å². The monoisotopic (exact) mass is 338 g/mol. The summed E-state index contributed by atoms with van der Waals surface area (Å²) in [5.41, 5.74) is 0.471. The second-order valence-electron chi connectivity index (χ2n) is 5.05. The van der Waals surface area contributed by atoms with Crippen molar-refractivity contribution in [3.05, 3.63) is 35.4 Å². The summed E-state index contributed by atoms with van der Waals surface area (Å²) >= 11 is 5.87. The fraction of sp³-hybridized carbons (Fsp3) is 0.333. The van der Waals surface area contributed by atoms with Gasteiger partial charge in [0.05, 0.1) is 18.2 Å². The van der Waals surface area contributed by atoms with Crippen LogP contribution in [-0.4, -0.2) is 52.2 Å². The van der Waals surface area contributed by atoms with Crippen LogP contribution in [0, 0.1) is 0 Å². The number of halogens is 1. The van der Waals surface area contributed by atoms with E-state index in [1.54, 1.807) is 12.1 Å². The quantitative estimate of drug-likeness (QED) is 0.468. The third kappa shape index (κ3) is 2.79. The molecule has 1 aromatic rings. The van der Waals surface area contributed by atoms with Crippen molar-refractivity contribution in [3.8, 4) is 0 Å². The molecular weight excluding hydrogens is 324 g/mol. The number of nitrogens with zero attached hydrogens (tertiary/aromatic N) is 2. The van der Waals surface area contributed by atoms with Crippen LogP contribution in [0.3, 0.4) is 0 Å². The van der Waals surface area contributed by atoms with Gasteiger partial charge >= 0.3 is 5.97 Å². The summed E-state index contributed by atoms with van der Waals surface area (Å²) in [5, 5.41) is 0. The molecule has 23 heavy (non-hydrogen) atoms. The molecule has 0 saturated carbocycles. The Morgan fingerprint density at radius 1 is 1.13 bits per heavy atom. The Morgan fingerprint density at radius 3 is 2.04 bits per heavy atom. The molecular formula is C15H15ClN2O5. The Labute approximate surface area is 137 Å². The topological polar surface area (TPSA) is 84.0 Å². The molecule has 3 amide bonds. The van der Waals surface area contributed by atoms with Crippen molar-refractivity contribution in [2.24, 2.45) is 0 Å². The molecule has 7 nitrogen and oxygen atoms in total. The van der Waals surface area contributed by atoms with E-state index in [0.29, 0.717) is 4.42 Å². The number of methoxy groups -OCH3 is 1. The van der Waals surface area contributed by atoms with Crippen LogP contribution in [0.2, 0.25) is 0 Å². The number of imide groups is 1.